The normalized spacial score (nSPS) is 54.8. The largest absolute Gasteiger partial charge is 0.512 e. The van der Waals surface area contributed by atoms with Gasteiger partial charge in [0.05, 0.1) is 11.7 Å². The van der Waals surface area contributed by atoms with Crippen LogP contribution in [0.1, 0.15) is 77.2 Å². The zero-order valence-corrected chi connectivity index (χ0v) is 21.2. The molecule has 1 aromatic rings. The minimum Gasteiger partial charge on any atom is -0.512 e. The van der Waals surface area contributed by atoms with E-state index in [9.17, 15) is 10.2 Å². The van der Waals surface area contributed by atoms with Crippen LogP contribution in [0.3, 0.4) is 0 Å². The van der Waals surface area contributed by atoms with Crippen molar-refractivity contribution in [1.82, 2.24) is 0 Å². The van der Waals surface area contributed by atoms with E-state index in [0.717, 1.165) is 12.3 Å². The summed E-state index contributed by atoms with van der Waals surface area (Å²) in [4.78, 5) is 0. The van der Waals surface area contributed by atoms with Crippen molar-refractivity contribution in [3.05, 3.63) is 47.7 Å². The summed E-state index contributed by atoms with van der Waals surface area (Å²) in [6.45, 7) is 4.92. The lowest BCUT2D eigenvalue weighted by molar-refractivity contribution is -0.181. The van der Waals surface area contributed by atoms with Crippen molar-refractivity contribution in [3.8, 4) is 0 Å². The van der Waals surface area contributed by atoms with Crippen LogP contribution in [0.15, 0.2) is 42.2 Å². The molecule has 5 saturated carbocycles. The number of benzene rings is 1. The maximum atomic E-state index is 12.4. The molecule has 10 atom stereocenters. The average Bonchev–Trinajstić information content (AvgIpc) is 3.54. The van der Waals surface area contributed by atoms with Crippen LogP contribution in [0.25, 0.3) is 0 Å². The monoisotopic (exact) mass is 462 g/mol. The van der Waals surface area contributed by atoms with Crippen LogP contribution in [0.2, 0.25) is 0 Å². The number of hydrogen-bond acceptors (Lipinski definition) is 3. The van der Waals surface area contributed by atoms with Crippen LogP contribution in [-0.4, -0.2) is 29.0 Å². The lowest BCUT2D eigenvalue weighted by Crippen LogP contribution is -2.59. The second-order valence-corrected chi connectivity index (χ2v) is 13.9. The molecule has 4 bridgehead atoms. The molecule has 2 N–H and O–H groups in total. The van der Waals surface area contributed by atoms with Gasteiger partial charge >= 0.3 is 0 Å². The smallest absolute Gasteiger partial charge is 0.110 e. The summed E-state index contributed by atoms with van der Waals surface area (Å²) in [6, 6.07) is 11.1. The molecule has 0 unspecified atom stereocenters. The highest BCUT2D eigenvalue weighted by molar-refractivity contribution is 5.41. The van der Waals surface area contributed by atoms with Gasteiger partial charge in [0, 0.05) is 12.5 Å². The Morgan fingerprint density at radius 2 is 1.79 bits per heavy atom. The Labute approximate surface area is 205 Å². The number of ether oxygens (including phenoxy) is 1. The third kappa shape index (κ3) is 2.29. The number of aliphatic hydroxyl groups is 2. The quantitative estimate of drug-likeness (QED) is 0.542. The van der Waals surface area contributed by atoms with Gasteiger partial charge in [-0.1, -0.05) is 44.2 Å². The lowest BCUT2D eigenvalue weighted by Gasteiger charge is -2.57. The van der Waals surface area contributed by atoms with Crippen molar-refractivity contribution < 1.29 is 14.9 Å². The second kappa shape index (κ2) is 6.71. The molecule has 3 heteroatoms. The van der Waals surface area contributed by atoms with Gasteiger partial charge in [-0.15, -0.1) is 0 Å². The molecule has 1 aromatic carbocycles. The third-order valence-electron chi connectivity index (χ3n) is 13.2. The predicted octanol–water partition coefficient (Wildman–Crippen LogP) is 6.46. The van der Waals surface area contributed by atoms with Gasteiger partial charge in [0.2, 0.25) is 0 Å². The van der Waals surface area contributed by atoms with E-state index in [2.05, 4.69) is 44.2 Å². The average molecular weight is 463 g/mol. The van der Waals surface area contributed by atoms with E-state index >= 15 is 0 Å². The summed E-state index contributed by atoms with van der Waals surface area (Å²) in [7, 11) is 1.70. The first-order valence-corrected chi connectivity index (χ1v) is 13.9. The van der Waals surface area contributed by atoms with Crippen LogP contribution in [-0.2, 0) is 11.2 Å². The first-order valence-electron chi connectivity index (χ1n) is 13.9. The van der Waals surface area contributed by atoms with Crippen molar-refractivity contribution in [2.75, 3.05) is 7.11 Å². The van der Waals surface area contributed by atoms with Gasteiger partial charge in [0.15, 0.2) is 0 Å². The number of fused-ring (bicyclic) bond motifs is 2. The van der Waals surface area contributed by atoms with Gasteiger partial charge < -0.3 is 14.9 Å². The van der Waals surface area contributed by atoms with Gasteiger partial charge in [-0.05, 0) is 110 Å². The van der Waals surface area contributed by atoms with Crippen LogP contribution in [0, 0.1) is 45.3 Å². The predicted molar refractivity (Wildman–Crippen MR) is 133 cm³/mol. The zero-order chi connectivity index (χ0) is 23.6. The first kappa shape index (κ1) is 21.9. The van der Waals surface area contributed by atoms with E-state index in [4.69, 9.17) is 4.74 Å². The van der Waals surface area contributed by atoms with Gasteiger partial charge in [-0.2, -0.15) is 0 Å². The van der Waals surface area contributed by atoms with Crippen molar-refractivity contribution in [1.29, 1.82) is 0 Å². The highest BCUT2D eigenvalue weighted by atomic mass is 16.5. The molecule has 7 rings (SSSR count). The summed E-state index contributed by atoms with van der Waals surface area (Å²) in [5.41, 5.74) is 1.15. The Balaban J connectivity index is 1.22. The molecule has 5 fully saturated rings. The molecule has 0 aliphatic heterocycles. The van der Waals surface area contributed by atoms with Gasteiger partial charge in [0.25, 0.3) is 0 Å². The van der Waals surface area contributed by atoms with Crippen molar-refractivity contribution >= 4 is 0 Å². The zero-order valence-electron chi connectivity index (χ0n) is 21.2. The summed E-state index contributed by atoms with van der Waals surface area (Å²) in [5.74, 6) is 2.08. The van der Waals surface area contributed by atoms with E-state index in [1.165, 1.54) is 63.4 Å². The van der Waals surface area contributed by atoms with E-state index < -0.39 is 5.60 Å². The topological polar surface area (TPSA) is 49.7 Å². The van der Waals surface area contributed by atoms with Crippen molar-refractivity contribution in [2.45, 2.75) is 89.8 Å². The molecule has 0 radical (unpaired) electrons. The van der Waals surface area contributed by atoms with Gasteiger partial charge in [0.1, 0.15) is 11.7 Å². The highest BCUT2D eigenvalue weighted by Gasteiger charge is 2.86. The summed E-state index contributed by atoms with van der Waals surface area (Å²) in [6.07, 6.45) is 14.5. The third-order valence-corrected chi connectivity index (χ3v) is 13.2. The fourth-order valence-electron chi connectivity index (χ4n) is 11.9. The molecule has 184 valence electrons. The Bertz CT molecular complexity index is 1030. The van der Waals surface area contributed by atoms with E-state index in [1.807, 2.05) is 6.08 Å². The molecule has 0 saturated heterocycles. The Kier molecular flexibility index (Phi) is 4.32. The molecule has 0 aromatic heterocycles. The molecule has 2 spiro atoms. The molecular weight excluding hydrogens is 420 g/mol. The van der Waals surface area contributed by atoms with Crippen LogP contribution in [0.5, 0.6) is 0 Å². The SMILES string of the molecule is CO[C@@H]1C=C(O)[C@H]2[C@@H]3[C@H]4CC[C@@]5(CC[C@@]6(CC[C@@H](Cc7ccccc7)C6)C5)[C@]3(C)[C@](C)(C4)[C@@]12O. The molecule has 3 nitrogen and oxygen atoms in total. The Morgan fingerprint density at radius 3 is 2.56 bits per heavy atom. The number of aliphatic hydroxyl groups excluding tert-OH is 1. The minimum atomic E-state index is -0.972. The highest BCUT2D eigenvalue weighted by Crippen LogP contribution is 2.87. The summed E-state index contributed by atoms with van der Waals surface area (Å²) >= 11 is 0. The number of rotatable bonds is 3. The first-order chi connectivity index (χ1) is 16.2. The van der Waals surface area contributed by atoms with Gasteiger partial charge in [-0.25, -0.2) is 0 Å². The fraction of sp³-hybridized carbons (Fsp3) is 0.742. The molecular formula is C31H42O3. The van der Waals surface area contributed by atoms with Crippen molar-refractivity contribution in [3.63, 3.8) is 0 Å². The number of methoxy groups -OCH3 is 1. The van der Waals surface area contributed by atoms with Crippen LogP contribution < -0.4 is 0 Å². The van der Waals surface area contributed by atoms with E-state index in [-0.39, 0.29) is 22.9 Å². The Hall–Kier alpha value is -1.32. The van der Waals surface area contributed by atoms with E-state index in [0.29, 0.717) is 28.4 Å². The molecule has 6 aliphatic rings. The molecule has 34 heavy (non-hydrogen) atoms. The molecule has 0 heterocycles. The summed E-state index contributed by atoms with van der Waals surface area (Å²) in [5, 5.41) is 23.5. The standard InChI is InChI=1S/C31H42O3/c1-27-18-22-10-12-30(28(27,2)25(22)26-23(32)16-24(34-3)31(26,27)33)14-13-29(19-30)11-9-21(17-29)15-20-7-5-4-6-8-20/h4-8,16,21-22,24-26,32-33H,9-15,17-19H2,1-3H3/t21-,22-,24+,25-,26-,27-,28-,29+,30-,31+/m0/s1. The lowest BCUT2D eigenvalue weighted by atomic mass is 9.48. The van der Waals surface area contributed by atoms with E-state index in [1.54, 1.807) is 7.11 Å². The van der Waals surface area contributed by atoms with Crippen LogP contribution >= 0.6 is 0 Å². The summed E-state index contributed by atoms with van der Waals surface area (Å²) < 4.78 is 5.84. The minimum absolute atomic E-state index is 0.0579. The Morgan fingerprint density at radius 1 is 1.00 bits per heavy atom. The van der Waals surface area contributed by atoms with Crippen LogP contribution in [0.4, 0.5) is 0 Å². The molecule has 6 aliphatic carbocycles. The van der Waals surface area contributed by atoms with Crippen molar-refractivity contribution in [2.24, 2.45) is 45.3 Å². The second-order valence-electron chi connectivity index (χ2n) is 13.9. The fourth-order valence-corrected chi connectivity index (χ4v) is 11.9. The maximum absolute atomic E-state index is 12.4. The van der Waals surface area contributed by atoms with Gasteiger partial charge in [-0.3, -0.25) is 0 Å². The number of hydrogen-bond donors (Lipinski definition) is 2. The maximum Gasteiger partial charge on any atom is 0.110 e. The molecule has 0 amide bonds.